The number of nitrogens with zero attached hydrogens (tertiary/aromatic N) is 5. The van der Waals surface area contributed by atoms with Crippen molar-refractivity contribution in [1.82, 2.24) is 35.6 Å². The van der Waals surface area contributed by atoms with E-state index in [2.05, 4.69) is 36.8 Å². The average Bonchev–Trinajstić information content (AvgIpc) is 3.29. The summed E-state index contributed by atoms with van der Waals surface area (Å²) in [4.78, 5) is 51.1. The molecule has 3 aromatic rings. The number of benzene rings is 2. The van der Waals surface area contributed by atoms with E-state index in [4.69, 9.17) is 24.2 Å². The third-order valence-electron chi connectivity index (χ3n) is 10.9. The summed E-state index contributed by atoms with van der Waals surface area (Å²) >= 11 is 0. The number of nitriles is 1. The van der Waals surface area contributed by atoms with Gasteiger partial charge in [-0.25, -0.2) is 9.37 Å². The first-order valence-electron chi connectivity index (χ1n) is 21.8. The monoisotopic (exact) mass is 858 g/mol. The molecule has 0 spiro atoms. The molecule has 1 aromatic heterocycles. The van der Waals surface area contributed by atoms with E-state index in [1.54, 1.807) is 18.2 Å². The minimum absolute atomic E-state index is 0.0207. The van der Waals surface area contributed by atoms with Crippen LogP contribution in [0.25, 0.3) is 0 Å². The van der Waals surface area contributed by atoms with Gasteiger partial charge in [-0.1, -0.05) is 24.3 Å². The number of piperazine rings is 1. The Balaban J connectivity index is 1.06. The number of piperidine rings is 1. The number of aryl methyl sites for hydroxylation is 1. The van der Waals surface area contributed by atoms with Crippen LogP contribution in [0.3, 0.4) is 0 Å². The molecule has 336 valence electrons. The Morgan fingerprint density at radius 2 is 1.35 bits per heavy atom. The van der Waals surface area contributed by atoms with Crippen LogP contribution in [-0.2, 0) is 43.3 Å². The number of carbonyl (C=O) groups excluding carboxylic acids is 3. The summed E-state index contributed by atoms with van der Waals surface area (Å²) in [6.07, 6.45) is 4.25. The standard InChI is InChI=1S/C46H63FN8O7/c1-49-16-24-60-26-28-62-30-29-61-27-25-59-23-14-43(56)50-15-2-3-39-31-40(46(58)55-21-19-54(20-22-55)35-38-8-10-41(47)11-9-38)33-51-44(39)45(57)52-42-12-17-53(18-13-42)34-37-6-4-36(32-48)5-7-37/h4-11,31,33,42,49H,2-3,12-30,34-35H2,1H3,(H,50,56)(H,52,57). The Labute approximate surface area is 365 Å². The second-order valence-corrected chi connectivity index (χ2v) is 15.5. The summed E-state index contributed by atoms with van der Waals surface area (Å²) in [7, 11) is 1.88. The van der Waals surface area contributed by atoms with E-state index in [-0.39, 0.29) is 48.3 Å². The van der Waals surface area contributed by atoms with Crippen molar-refractivity contribution >= 4 is 17.7 Å². The SMILES string of the molecule is CNCCOCCOCCOCCOCCC(=O)NCCCc1cc(C(=O)N2CCN(Cc3ccc(F)cc3)CC2)cnc1C(=O)NC1CCN(Cc2ccc(C#N)cc2)CC1. The molecule has 2 saturated heterocycles. The van der Waals surface area contributed by atoms with Gasteiger partial charge in [0.25, 0.3) is 11.8 Å². The van der Waals surface area contributed by atoms with Gasteiger partial charge in [0, 0.05) is 84.1 Å². The second kappa shape index (κ2) is 27.3. The van der Waals surface area contributed by atoms with Crippen LogP contribution in [0.4, 0.5) is 4.39 Å². The lowest BCUT2D eigenvalue weighted by molar-refractivity contribution is -0.122. The fourth-order valence-electron chi connectivity index (χ4n) is 7.29. The molecule has 0 atom stereocenters. The predicted octanol–water partition coefficient (Wildman–Crippen LogP) is 3.17. The molecule has 2 aliphatic heterocycles. The normalized spacial score (nSPS) is 15.0. The second-order valence-electron chi connectivity index (χ2n) is 15.5. The lowest BCUT2D eigenvalue weighted by Crippen LogP contribution is -2.48. The lowest BCUT2D eigenvalue weighted by Gasteiger charge is -2.35. The van der Waals surface area contributed by atoms with Crippen molar-refractivity contribution in [3.05, 3.63) is 100 Å². The van der Waals surface area contributed by atoms with E-state index in [0.29, 0.717) is 115 Å². The van der Waals surface area contributed by atoms with Crippen molar-refractivity contribution in [3.8, 4) is 6.07 Å². The fourth-order valence-corrected chi connectivity index (χ4v) is 7.29. The van der Waals surface area contributed by atoms with E-state index in [0.717, 1.165) is 50.1 Å². The molecule has 3 N–H and O–H groups in total. The maximum Gasteiger partial charge on any atom is 0.270 e. The van der Waals surface area contributed by atoms with Crippen molar-refractivity contribution in [1.29, 1.82) is 5.26 Å². The molecule has 0 unspecified atom stereocenters. The van der Waals surface area contributed by atoms with Crippen LogP contribution >= 0.6 is 0 Å². The van der Waals surface area contributed by atoms with Crippen LogP contribution in [0.1, 0.15) is 68.8 Å². The Hall–Kier alpha value is -4.86. The lowest BCUT2D eigenvalue weighted by atomic mass is 10.0. The fraction of sp³-hybridized carbons (Fsp3) is 0.543. The van der Waals surface area contributed by atoms with Crippen molar-refractivity contribution in [2.75, 3.05) is 112 Å². The third-order valence-corrected chi connectivity index (χ3v) is 10.9. The molecule has 2 aliphatic rings. The van der Waals surface area contributed by atoms with Gasteiger partial charge in [0.2, 0.25) is 5.91 Å². The molecule has 0 radical (unpaired) electrons. The largest absolute Gasteiger partial charge is 0.379 e. The van der Waals surface area contributed by atoms with E-state index in [1.165, 1.54) is 18.3 Å². The van der Waals surface area contributed by atoms with E-state index in [9.17, 15) is 18.8 Å². The van der Waals surface area contributed by atoms with Crippen LogP contribution in [0.2, 0.25) is 0 Å². The molecule has 0 saturated carbocycles. The van der Waals surface area contributed by atoms with Crippen LogP contribution < -0.4 is 16.0 Å². The summed E-state index contributed by atoms with van der Waals surface area (Å²) in [6, 6.07) is 18.0. The highest BCUT2D eigenvalue weighted by atomic mass is 19.1. The van der Waals surface area contributed by atoms with Gasteiger partial charge in [-0.2, -0.15) is 5.26 Å². The summed E-state index contributed by atoms with van der Waals surface area (Å²) in [5.41, 5.74) is 4.16. The Kier molecular flexibility index (Phi) is 21.2. The van der Waals surface area contributed by atoms with E-state index in [1.807, 2.05) is 36.2 Å². The van der Waals surface area contributed by atoms with Crippen molar-refractivity contribution < 1.29 is 37.7 Å². The molecule has 0 bridgehead atoms. The number of hydrogen-bond donors (Lipinski definition) is 3. The van der Waals surface area contributed by atoms with Crippen LogP contribution in [-0.4, -0.2) is 156 Å². The zero-order valence-electron chi connectivity index (χ0n) is 36.1. The predicted molar refractivity (Wildman–Crippen MR) is 232 cm³/mol. The number of ether oxygens (including phenoxy) is 4. The summed E-state index contributed by atoms with van der Waals surface area (Å²) in [5.74, 6) is -0.823. The molecule has 16 heteroatoms. The number of pyridine rings is 1. The molecule has 2 fully saturated rings. The molecule has 15 nitrogen and oxygen atoms in total. The van der Waals surface area contributed by atoms with Crippen LogP contribution in [0.15, 0.2) is 60.8 Å². The van der Waals surface area contributed by atoms with Gasteiger partial charge < -0.3 is 39.8 Å². The van der Waals surface area contributed by atoms with Crippen molar-refractivity contribution in [2.45, 2.75) is 51.2 Å². The number of amides is 3. The van der Waals surface area contributed by atoms with Crippen LogP contribution in [0.5, 0.6) is 0 Å². The first kappa shape index (κ1) is 48.2. The zero-order chi connectivity index (χ0) is 43.8. The molecule has 3 amide bonds. The highest BCUT2D eigenvalue weighted by Crippen LogP contribution is 2.19. The number of nitrogens with one attached hydrogen (secondary N) is 3. The minimum atomic E-state index is -0.276. The highest BCUT2D eigenvalue weighted by molar-refractivity contribution is 5.97. The summed E-state index contributed by atoms with van der Waals surface area (Å²) in [6.45, 7) is 10.4. The maximum atomic E-state index is 13.8. The molecular weight excluding hydrogens is 796 g/mol. The maximum absolute atomic E-state index is 13.8. The number of halogens is 1. The van der Waals surface area contributed by atoms with Gasteiger partial charge in [-0.15, -0.1) is 0 Å². The number of aromatic nitrogens is 1. The third kappa shape index (κ3) is 17.1. The number of hydrogen-bond acceptors (Lipinski definition) is 12. The zero-order valence-corrected chi connectivity index (χ0v) is 36.1. The van der Waals surface area contributed by atoms with E-state index >= 15 is 0 Å². The van der Waals surface area contributed by atoms with Gasteiger partial charge in [0.1, 0.15) is 11.5 Å². The molecule has 62 heavy (non-hydrogen) atoms. The Bertz CT molecular complexity index is 1850. The topological polar surface area (TPSA) is 171 Å². The quantitative estimate of drug-likeness (QED) is 0.101. The summed E-state index contributed by atoms with van der Waals surface area (Å²) in [5, 5.41) is 18.2. The van der Waals surface area contributed by atoms with Gasteiger partial charge in [0.05, 0.1) is 70.1 Å². The van der Waals surface area contributed by atoms with Gasteiger partial charge >= 0.3 is 0 Å². The van der Waals surface area contributed by atoms with Crippen LogP contribution in [0, 0.1) is 17.1 Å². The molecule has 0 aliphatic carbocycles. The molecule has 2 aromatic carbocycles. The molecule has 3 heterocycles. The first-order chi connectivity index (χ1) is 30.3. The van der Waals surface area contributed by atoms with Gasteiger partial charge in [-0.05, 0) is 79.8 Å². The smallest absolute Gasteiger partial charge is 0.270 e. The van der Waals surface area contributed by atoms with Crippen molar-refractivity contribution in [2.24, 2.45) is 0 Å². The van der Waals surface area contributed by atoms with Gasteiger partial charge in [0.15, 0.2) is 0 Å². The minimum Gasteiger partial charge on any atom is -0.379 e. The number of likely N-dealkylation sites (tertiary alicyclic amines) is 1. The van der Waals surface area contributed by atoms with E-state index < -0.39 is 0 Å². The molecule has 5 rings (SSSR count). The number of likely N-dealkylation sites (N-methyl/N-ethyl adjacent to an activating group) is 1. The number of carbonyl (C=O) groups is 3. The van der Waals surface area contributed by atoms with Crippen molar-refractivity contribution in [3.63, 3.8) is 0 Å². The Morgan fingerprint density at radius 3 is 1.97 bits per heavy atom. The Morgan fingerprint density at radius 1 is 0.774 bits per heavy atom. The average molecular weight is 859 g/mol. The number of rotatable bonds is 26. The molecular formula is C46H63FN8O7. The van der Waals surface area contributed by atoms with Gasteiger partial charge in [-0.3, -0.25) is 24.2 Å². The first-order valence-corrected chi connectivity index (χ1v) is 21.8. The summed E-state index contributed by atoms with van der Waals surface area (Å²) < 4.78 is 35.3. The highest BCUT2D eigenvalue weighted by Gasteiger charge is 2.26.